The van der Waals surface area contributed by atoms with Gasteiger partial charge in [0.05, 0.1) is 23.1 Å². The Balaban J connectivity index is 1.38. The Morgan fingerprint density at radius 3 is 2.40 bits per heavy atom. The zero-order valence-electron chi connectivity index (χ0n) is 21.8. The molecular weight excluding hydrogens is 506 g/mol. The summed E-state index contributed by atoms with van der Waals surface area (Å²) in [6.07, 6.45) is 6.36. The lowest BCUT2D eigenvalue weighted by Crippen LogP contribution is -2.50. The number of rotatable bonds is 7. The third kappa shape index (κ3) is 4.71. The molecule has 0 bridgehead atoms. The molecule has 0 atom stereocenters. The summed E-state index contributed by atoms with van der Waals surface area (Å²) in [5.41, 5.74) is 10.6. The Morgan fingerprint density at radius 1 is 0.975 bits per heavy atom. The largest absolute Gasteiger partial charge is 0.465 e. The van der Waals surface area contributed by atoms with E-state index in [9.17, 15) is 14.7 Å². The smallest absolute Gasteiger partial charge is 0.405 e. The van der Waals surface area contributed by atoms with E-state index in [1.165, 1.54) is 0 Å². The van der Waals surface area contributed by atoms with Crippen molar-refractivity contribution in [3.63, 3.8) is 0 Å². The summed E-state index contributed by atoms with van der Waals surface area (Å²) in [6.45, 7) is 0. The van der Waals surface area contributed by atoms with E-state index in [0.717, 1.165) is 52.6 Å². The van der Waals surface area contributed by atoms with E-state index in [1.807, 2.05) is 66.7 Å². The number of anilines is 1. The quantitative estimate of drug-likeness (QED) is 0.214. The standard InChI is InChI=1S/C30H27N7O3/c1-37-17-25(32-18-37)28(38)36-35-27-23-16-22(19-6-3-2-4-7-19)26(33-24(23)12-15-31-27)20-8-10-21(11-9-20)30(13-5-14-30)34-29(39)40/h2-4,6-12,15-18,34H,5,13-14H2,1H3,(H,31,35)(H,36,38)(H,39,40). The summed E-state index contributed by atoms with van der Waals surface area (Å²) in [4.78, 5) is 37.5. The molecule has 0 saturated heterocycles. The van der Waals surface area contributed by atoms with Gasteiger partial charge in [0.25, 0.3) is 5.91 Å². The predicted molar refractivity (Wildman–Crippen MR) is 151 cm³/mol. The molecule has 1 aliphatic carbocycles. The number of nitrogens with zero attached hydrogens (tertiary/aromatic N) is 4. The average Bonchev–Trinajstić information content (AvgIpc) is 3.40. The average molecular weight is 534 g/mol. The molecule has 5 aromatic rings. The van der Waals surface area contributed by atoms with Crippen molar-refractivity contribution < 1.29 is 14.7 Å². The Kier molecular flexibility index (Phi) is 6.35. The Bertz CT molecular complexity index is 1710. The topological polar surface area (TPSA) is 134 Å². The van der Waals surface area contributed by atoms with Crippen LogP contribution < -0.4 is 16.2 Å². The van der Waals surface area contributed by atoms with Gasteiger partial charge in [0.1, 0.15) is 5.69 Å². The number of hydrazine groups is 1. The molecule has 4 N–H and O–H groups in total. The van der Waals surface area contributed by atoms with Gasteiger partial charge in [-0.25, -0.2) is 19.7 Å². The van der Waals surface area contributed by atoms with Gasteiger partial charge in [0, 0.05) is 36.0 Å². The first-order valence-electron chi connectivity index (χ1n) is 12.9. The normalized spacial score (nSPS) is 13.8. The molecule has 2 aromatic carbocycles. The molecule has 0 radical (unpaired) electrons. The summed E-state index contributed by atoms with van der Waals surface area (Å²) in [5, 5.41) is 12.8. The molecule has 10 nitrogen and oxygen atoms in total. The highest BCUT2D eigenvalue weighted by molar-refractivity contribution is 5.98. The lowest BCUT2D eigenvalue weighted by molar-refractivity contribution is 0.0958. The first-order valence-corrected chi connectivity index (χ1v) is 12.9. The molecule has 6 rings (SSSR count). The zero-order chi connectivity index (χ0) is 27.7. The molecule has 1 saturated carbocycles. The minimum Gasteiger partial charge on any atom is -0.465 e. The van der Waals surface area contributed by atoms with Crippen LogP contribution in [0.5, 0.6) is 0 Å². The van der Waals surface area contributed by atoms with Crippen LogP contribution in [0.4, 0.5) is 10.6 Å². The maximum Gasteiger partial charge on any atom is 0.405 e. The van der Waals surface area contributed by atoms with E-state index in [2.05, 4.69) is 26.1 Å². The fourth-order valence-electron chi connectivity index (χ4n) is 5.13. The minimum atomic E-state index is -1.01. The van der Waals surface area contributed by atoms with Crippen molar-refractivity contribution in [1.29, 1.82) is 0 Å². The number of imidazole rings is 1. The van der Waals surface area contributed by atoms with Crippen molar-refractivity contribution in [1.82, 2.24) is 30.3 Å². The third-order valence-electron chi connectivity index (χ3n) is 7.32. The Morgan fingerprint density at radius 2 is 1.75 bits per heavy atom. The van der Waals surface area contributed by atoms with Crippen LogP contribution in [-0.2, 0) is 12.6 Å². The van der Waals surface area contributed by atoms with Crippen LogP contribution in [0.15, 0.2) is 85.5 Å². The summed E-state index contributed by atoms with van der Waals surface area (Å²) in [5.74, 6) is 0.0778. The number of pyridine rings is 2. The van der Waals surface area contributed by atoms with E-state index in [0.29, 0.717) is 11.3 Å². The fraction of sp³-hybridized carbons (Fsp3) is 0.167. The molecular formula is C30H27N7O3. The Hall–Kier alpha value is -5.25. The number of carbonyl (C=O) groups excluding carboxylic acids is 1. The second-order valence-corrected chi connectivity index (χ2v) is 9.92. The van der Waals surface area contributed by atoms with Crippen LogP contribution >= 0.6 is 0 Å². The van der Waals surface area contributed by atoms with Crippen LogP contribution in [0.25, 0.3) is 33.3 Å². The van der Waals surface area contributed by atoms with E-state index < -0.39 is 11.6 Å². The molecule has 1 fully saturated rings. The van der Waals surface area contributed by atoms with E-state index >= 15 is 0 Å². The minimum absolute atomic E-state index is 0.284. The highest BCUT2D eigenvalue weighted by Gasteiger charge is 2.40. The van der Waals surface area contributed by atoms with Gasteiger partial charge in [-0.05, 0) is 42.5 Å². The number of amides is 2. The molecule has 3 aromatic heterocycles. The predicted octanol–water partition coefficient (Wildman–Crippen LogP) is 5.10. The van der Waals surface area contributed by atoms with Crippen molar-refractivity contribution in [3.05, 3.63) is 96.7 Å². The first kappa shape index (κ1) is 25.1. The Labute approximate surface area is 230 Å². The summed E-state index contributed by atoms with van der Waals surface area (Å²) in [6, 6.07) is 21.7. The van der Waals surface area contributed by atoms with Gasteiger partial charge in [-0.3, -0.25) is 15.6 Å². The molecule has 10 heteroatoms. The SMILES string of the molecule is Cn1cnc(C(=O)NNc2nccc3nc(-c4ccc(C5(NC(=O)O)CCC5)cc4)c(-c4ccccc4)cc23)c1. The molecule has 40 heavy (non-hydrogen) atoms. The lowest BCUT2D eigenvalue weighted by Gasteiger charge is -2.42. The van der Waals surface area contributed by atoms with Crippen LogP contribution in [0, 0.1) is 0 Å². The number of nitrogens with one attached hydrogen (secondary N) is 3. The summed E-state index contributed by atoms with van der Waals surface area (Å²) in [7, 11) is 1.80. The molecule has 2 amide bonds. The van der Waals surface area contributed by atoms with Gasteiger partial charge in [-0.2, -0.15) is 0 Å². The molecule has 3 heterocycles. The summed E-state index contributed by atoms with van der Waals surface area (Å²) >= 11 is 0. The van der Waals surface area contributed by atoms with Gasteiger partial charge in [-0.1, -0.05) is 54.6 Å². The number of aryl methyl sites for hydroxylation is 1. The number of aromatic nitrogens is 4. The second kappa shape index (κ2) is 10.1. The van der Waals surface area contributed by atoms with E-state index in [-0.39, 0.29) is 11.6 Å². The molecule has 1 aliphatic rings. The van der Waals surface area contributed by atoms with Gasteiger partial charge in [0.2, 0.25) is 0 Å². The zero-order valence-corrected chi connectivity index (χ0v) is 21.8. The highest BCUT2D eigenvalue weighted by atomic mass is 16.4. The van der Waals surface area contributed by atoms with Crippen LogP contribution in [-0.4, -0.2) is 36.6 Å². The fourth-order valence-corrected chi connectivity index (χ4v) is 5.13. The van der Waals surface area contributed by atoms with E-state index in [4.69, 9.17) is 4.98 Å². The molecule has 0 spiro atoms. The van der Waals surface area contributed by atoms with Crippen molar-refractivity contribution in [2.45, 2.75) is 24.8 Å². The van der Waals surface area contributed by atoms with Gasteiger partial charge >= 0.3 is 6.09 Å². The van der Waals surface area contributed by atoms with Crippen molar-refractivity contribution >= 4 is 28.7 Å². The monoisotopic (exact) mass is 533 g/mol. The first-order chi connectivity index (χ1) is 19.4. The maximum absolute atomic E-state index is 12.5. The molecule has 0 aliphatic heterocycles. The van der Waals surface area contributed by atoms with Crippen LogP contribution in [0.1, 0.15) is 35.3 Å². The van der Waals surface area contributed by atoms with Gasteiger partial charge in [0.15, 0.2) is 5.82 Å². The number of fused-ring (bicyclic) bond motifs is 1. The van der Waals surface area contributed by atoms with Crippen molar-refractivity contribution in [2.24, 2.45) is 7.05 Å². The number of hydrogen-bond acceptors (Lipinski definition) is 6. The highest BCUT2D eigenvalue weighted by Crippen LogP contribution is 2.42. The number of hydrogen-bond donors (Lipinski definition) is 4. The number of benzene rings is 2. The summed E-state index contributed by atoms with van der Waals surface area (Å²) < 4.78 is 1.70. The molecule has 200 valence electrons. The van der Waals surface area contributed by atoms with Gasteiger partial charge in [-0.15, -0.1) is 0 Å². The van der Waals surface area contributed by atoms with Crippen LogP contribution in [0.2, 0.25) is 0 Å². The number of carboxylic acid groups (broad SMARTS) is 1. The van der Waals surface area contributed by atoms with Crippen molar-refractivity contribution in [2.75, 3.05) is 5.43 Å². The number of carbonyl (C=O) groups is 2. The maximum atomic E-state index is 12.5. The molecule has 0 unspecified atom stereocenters. The van der Waals surface area contributed by atoms with Gasteiger partial charge < -0.3 is 15.0 Å². The van der Waals surface area contributed by atoms with Crippen LogP contribution in [0.3, 0.4) is 0 Å². The second-order valence-electron chi connectivity index (χ2n) is 9.92. The van der Waals surface area contributed by atoms with Crippen molar-refractivity contribution in [3.8, 4) is 22.4 Å². The lowest BCUT2D eigenvalue weighted by atomic mass is 9.71. The third-order valence-corrected chi connectivity index (χ3v) is 7.32. The van der Waals surface area contributed by atoms with E-state index in [1.54, 1.807) is 30.3 Å².